The Bertz CT molecular complexity index is 863. The van der Waals surface area contributed by atoms with Crippen LogP contribution in [-0.2, 0) is 23.9 Å². The second-order valence-corrected chi connectivity index (χ2v) is 8.52. The summed E-state index contributed by atoms with van der Waals surface area (Å²) in [6, 6.07) is 8.15. The van der Waals surface area contributed by atoms with Crippen LogP contribution in [0, 0.1) is 5.41 Å². The lowest BCUT2D eigenvalue weighted by atomic mass is 10.0. The molecule has 2 aliphatic rings. The number of carbonyl (C=O) groups excluding carboxylic acids is 3. The summed E-state index contributed by atoms with van der Waals surface area (Å²) in [5.74, 6) is -1.16. The van der Waals surface area contributed by atoms with Gasteiger partial charge in [-0.1, -0.05) is 18.2 Å². The normalized spacial score (nSPS) is 22.9. The predicted molar refractivity (Wildman–Crippen MR) is 117 cm³/mol. The average Bonchev–Trinajstić information content (AvgIpc) is 3.38. The van der Waals surface area contributed by atoms with E-state index in [1.165, 1.54) is 11.8 Å². The van der Waals surface area contributed by atoms with Crippen molar-refractivity contribution in [2.45, 2.75) is 44.7 Å². The first-order valence-corrected chi connectivity index (χ1v) is 11.1. The molecule has 3 rings (SSSR count). The highest BCUT2D eigenvalue weighted by molar-refractivity contribution is 5.89. The predicted octanol–water partition coefficient (Wildman–Crippen LogP) is 0.559. The minimum absolute atomic E-state index is 0.143. The van der Waals surface area contributed by atoms with Crippen LogP contribution < -0.4 is 15.4 Å². The first-order valence-electron chi connectivity index (χ1n) is 11.1. The Kier molecular flexibility index (Phi) is 8.26. The van der Waals surface area contributed by atoms with E-state index in [2.05, 4.69) is 10.6 Å². The number of hydrogen-bond acceptors (Lipinski definition) is 6. The summed E-state index contributed by atoms with van der Waals surface area (Å²) in [5, 5.41) is 14.8. The summed E-state index contributed by atoms with van der Waals surface area (Å²) in [7, 11) is 0. The van der Waals surface area contributed by atoms with Crippen molar-refractivity contribution in [1.29, 1.82) is 0 Å². The van der Waals surface area contributed by atoms with E-state index in [4.69, 9.17) is 9.47 Å². The van der Waals surface area contributed by atoms with Gasteiger partial charge in [0.15, 0.2) is 0 Å². The van der Waals surface area contributed by atoms with Crippen LogP contribution in [0.3, 0.4) is 0 Å². The molecule has 3 amide bonds. The fourth-order valence-electron chi connectivity index (χ4n) is 4.28. The number of ether oxygens (including phenoxy) is 2. The maximum absolute atomic E-state index is 12.7. The van der Waals surface area contributed by atoms with E-state index in [9.17, 15) is 24.3 Å². The number of carboxylic acid groups (broad SMARTS) is 1. The molecule has 33 heavy (non-hydrogen) atoms. The number of carbonyl (C=O) groups is 4. The minimum Gasteiger partial charge on any atom is -0.494 e. The van der Waals surface area contributed by atoms with Crippen molar-refractivity contribution in [1.82, 2.24) is 15.5 Å². The van der Waals surface area contributed by atoms with Gasteiger partial charge >= 0.3 is 5.97 Å². The average molecular weight is 462 g/mol. The van der Waals surface area contributed by atoms with Crippen molar-refractivity contribution in [2.24, 2.45) is 5.41 Å². The third kappa shape index (κ3) is 6.67. The molecule has 2 fully saturated rings. The highest BCUT2D eigenvalue weighted by atomic mass is 16.5. The second kappa shape index (κ2) is 11.1. The summed E-state index contributed by atoms with van der Waals surface area (Å²) in [4.78, 5) is 48.8. The molecule has 1 heterocycles. The highest BCUT2D eigenvalue weighted by Crippen LogP contribution is 2.59. The lowest BCUT2D eigenvalue weighted by Gasteiger charge is -2.24. The van der Waals surface area contributed by atoms with Crippen molar-refractivity contribution in [2.75, 3.05) is 32.9 Å². The maximum atomic E-state index is 12.7. The van der Waals surface area contributed by atoms with Crippen LogP contribution in [0.5, 0.6) is 5.75 Å². The number of hydrogen-bond donors (Lipinski definition) is 3. The van der Waals surface area contributed by atoms with Crippen LogP contribution in [0.1, 0.15) is 32.6 Å². The summed E-state index contributed by atoms with van der Waals surface area (Å²) < 4.78 is 11.2. The third-order valence-corrected chi connectivity index (χ3v) is 6.00. The Morgan fingerprint density at radius 3 is 2.58 bits per heavy atom. The molecule has 3 atom stereocenters. The Morgan fingerprint density at radius 2 is 1.88 bits per heavy atom. The van der Waals surface area contributed by atoms with Gasteiger partial charge in [-0.3, -0.25) is 14.4 Å². The van der Waals surface area contributed by atoms with Gasteiger partial charge in [0.05, 0.1) is 26.4 Å². The molecule has 1 saturated carbocycles. The van der Waals surface area contributed by atoms with Gasteiger partial charge in [-0.2, -0.15) is 0 Å². The molecule has 180 valence electrons. The number of amides is 3. The van der Waals surface area contributed by atoms with E-state index in [1.54, 1.807) is 0 Å². The molecule has 0 bridgehead atoms. The molecule has 0 aromatic heterocycles. The van der Waals surface area contributed by atoms with Gasteiger partial charge in [0, 0.05) is 31.3 Å². The van der Waals surface area contributed by atoms with E-state index < -0.39 is 17.9 Å². The van der Waals surface area contributed by atoms with Crippen molar-refractivity contribution in [3.8, 4) is 5.75 Å². The Balaban J connectivity index is 1.39. The van der Waals surface area contributed by atoms with Gasteiger partial charge < -0.3 is 30.1 Å². The SMILES string of the molecule is CC(=O)NCCOCC12CC(C(=O)O)N(C(=O)CNC(=O)CCCOc3ccccc3)C1C2. The number of carboxylic acids is 1. The molecule has 1 saturated heterocycles. The van der Waals surface area contributed by atoms with Gasteiger partial charge in [0.1, 0.15) is 11.8 Å². The Morgan fingerprint density at radius 1 is 1.12 bits per heavy atom. The highest BCUT2D eigenvalue weighted by Gasteiger charge is 2.67. The van der Waals surface area contributed by atoms with Crippen molar-refractivity contribution < 1.29 is 33.8 Å². The zero-order chi connectivity index (χ0) is 23.8. The Hall–Kier alpha value is -3.14. The molecule has 1 aromatic carbocycles. The zero-order valence-electron chi connectivity index (χ0n) is 18.7. The van der Waals surface area contributed by atoms with E-state index in [0.717, 1.165) is 5.75 Å². The maximum Gasteiger partial charge on any atom is 0.326 e. The van der Waals surface area contributed by atoms with Crippen molar-refractivity contribution in [3.63, 3.8) is 0 Å². The van der Waals surface area contributed by atoms with Crippen molar-refractivity contribution >= 4 is 23.7 Å². The van der Waals surface area contributed by atoms with Gasteiger partial charge in [0.2, 0.25) is 17.7 Å². The lowest BCUT2D eigenvalue weighted by Crippen LogP contribution is -2.47. The molecule has 10 heteroatoms. The van der Waals surface area contributed by atoms with Crippen LogP contribution in [-0.4, -0.2) is 78.7 Å². The van der Waals surface area contributed by atoms with E-state index >= 15 is 0 Å². The molecule has 0 spiro atoms. The molecular weight excluding hydrogens is 430 g/mol. The largest absolute Gasteiger partial charge is 0.494 e. The molecule has 1 aromatic rings. The smallest absolute Gasteiger partial charge is 0.326 e. The first kappa shape index (κ1) is 24.5. The number of rotatable bonds is 13. The summed E-state index contributed by atoms with van der Waals surface area (Å²) >= 11 is 0. The quantitative estimate of drug-likeness (QED) is 0.365. The van der Waals surface area contributed by atoms with Gasteiger partial charge in [0.25, 0.3) is 0 Å². The monoisotopic (exact) mass is 461 g/mol. The van der Waals surface area contributed by atoms with Gasteiger partial charge in [-0.25, -0.2) is 4.79 Å². The number of aliphatic carboxylic acids is 1. The number of likely N-dealkylation sites (tertiary alicyclic amines) is 1. The topological polar surface area (TPSA) is 134 Å². The number of benzene rings is 1. The van der Waals surface area contributed by atoms with Crippen LogP contribution in [0.25, 0.3) is 0 Å². The standard InChI is InChI=1S/C23H31N3O7/c1-16(27)24-9-11-32-15-23-12-18(22(30)31)26(19(23)13-23)21(29)14-25-20(28)8-5-10-33-17-6-3-2-4-7-17/h2-4,6-7,18-19H,5,8-15H2,1H3,(H,24,27)(H,25,28)(H,30,31). The fraction of sp³-hybridized carbons (Fsp3) is 0.565. The molecule has 1 aliphatic heterocycles. The molecule has 3 unspecified atom stereocenters. The number of nitrogens with one attached hydrogen (secondary N) is 2. The van der Waals surface area contributed by atoms with Crippen LogP contribution in [0.4, 0.5) is 0 Å². The Labute approximate surface area is 192 Å². The molecule has 1 aliphatic carbocycles. The molecule has 3 N–H and O–H groups in total. The second-order valence-electron chi connectivity index (χ2n) is 8.52. The fourth-order valence-corrected chi connectivity index (χ4v) is 4.28. The summed E-state index contributed by atoms with van der Waals surface area (Å²) in [6.07, 6.45) is 1.70. The third-order valence-electron chi connectivity index (χ3n) is 6.00. The number of para-hydroxylation sites is 1. The first-order chi connectivity index (χ1) is 15.8. The molecule has 10 nitrogen and oxygen atoms in total. The summed E-state index contributed by atoms with van der Waals surface area (Å²) in [5.41, 5.74) is -0.367. The number of piperidine rings is 1. The van der Waals surface area contributed by atoms with Gasteiger partial charge in [-0.15, -0.1) is 0 Å². The summed E-state index contributed by atoms with van der Waals surface area (Å²) in [6.45, 7) is 2.60. The van der Waals surface area contributed by atoms with Crippen molar-refractivity contribution in [3.05, 3.63) is 30.3 Å². The van der Waals surface area contributed by atoms with E-state index in [0.29, 0.717) is 45.6 Å². The van der Waals surface area contributed by atoms with Crippen LogP contribution in [0.15, 0.2) is 30.3 Å². The van der Waals surface area contributed by atoms with E-state index in [-0.39, 0.29) is 36.2 Å². The minimum atomic E-state index is -1.06. The number of fused-ring (bicyclic) bond motifs is 1. The molecular formula is C23H31N3O7. The lowest BCUT2D eigenvalue weighted by molar-refractivity contribution is -0.149. The van der Waals surface area contributed by atoms with Crippen LogP contribution in [0.2, 0.25) is 0 Å². The van der Waals surface area contributed by atoms with Crippen LogP contribution >= 0.6 is 0 Å². The molecule has 0 radical (unpaired) electrons. The zero-order valence-corrected chi connectivity index (χ0v) is 18.7. The van der Waals surface area contributed by atoms with E-state index in [1.807, 2.05) is 30.3 Å². The van der Waals surface area contributed by atoms with Gasteiger partial charge in [-0.05, 0) is 31.4 Å². The number of nitrogens with zero attached hydrogens (tertiary/aromatic N) is 1.